The molecule has 7 rings (SSSR count). The number of fused-ring (bicyclic) bond motifs is 1. The highest BCUT2D eigenvalue weighted by atomic mass is 32.2. The molecule has 50 heavy (non-hydrogen) atoms. The van der Waals surface area contributed by atoms with Crippen molar-refractivity contribution in [3.8, 4) is 11.5 Å². The van der Waals surface area contributed by atoms with E-state index < -0.39 is 29.3 Å². The summed E-state index contributed by atoms with van der Waals surface area (Å²) in [5, 5.41) is 22.7. The van der Waals surface area contributed by atoms with Crippen molar-refractivity contribution in [3.63, 3.8) is 0 Å². The maximum absolute atomic E-state index is 14.6. The molecule has 1 aromatic heterocycles. The largest absolute Gasteiger partial charge is 0.507 e. The molecule has 0 saturated carbocycles. The maximum atomic E-state index is 14.6. The van der Waals surface area contributed by atoms with E-state index in [4.69, 9.17) is 9.47 Å². The minimum absolute atomic E-state index is 0.0643. The molecule has 0 bridgehead atoms. The number of anilines is 1. The van der Waals surface area contributed by atoms with E-state index in [-0.39, 0.29) is 22.9 Å². The molecule has 250 valence electrons. The van der Waals surface area contributed by atoms with Crippen LogP contribution in [0.3, 0.4) is 0 Å². The summed E-state index contributed by atoms with van der Waals surface area (Å²) in [5.74, 6) is -1.48. The normalized spacial score (nSPS) is 15.5. The third-order valence-corrected chi connectivity index (χ3v) is 10.6. The first kappa shape index (κ1) is 33.0. The molecule has 1 atom stereocenters. The molecule has 1 fully saturated rings. The van der Waals surface area contributed by atoms with Crippen molar-refractivity contribution < 1.29 is 28.6 Å². The third-order valence-electron chi connectivity index (χ3n) is 8.46. The number of carbonyl (C=O) groups is 2. The van der Waals surface area contributed by atoms with Gasteiger partial charge in [-0.2, -0.15) is 0 Å². The zero-order valence-corrected chi connectivity index (χ0v) is 28.6. The smallest absolute Gasteiger partial charge is 0.301 e. The Morgan fingerprint density at radius 1 is 0.920 bits per heavy atom. The molecule has 2 heterocycles. The zero-order valence-electron chi connectivity index (χ0n) is 27.0. The summed E-state index contributed by atoms with van der Waals surface area (Å²) in [5.41, 5.74) is 2.76. The second kappa shape index (κ2) is 14.1. The van der Waals surface area contributed by atoms with Gasteiger partial charge >= 0.3 is 5.91 Å². The molecule has 1 aliphatic rings. The minimum Gasteiger partial charge on any atom is -0.507 e. The van der Waals surface area contributed by atoms with Gasteiger partial charge in [0.2, 0.25) is 5.13 Å². The van der Waals surface area contributed by atoms with Gasteiger partial charge in [-0.05, 0) is 58.1 Å². The number of hydrogen-bond acceptors (Lipinski definition) is 9. The standard InChI is InChI=1S/C39H30FN3O5S2/c1-23-15-16-27(19-30(23)40)35(44)33-34(26-17-18-31(32(20-26)47-2)48-21-24-9-4-3-5-10-24)43(37(46)36(33)45)38-41-42-39(50-38)49-22-28-13-8-12-25-11-6-7-14-29(25)28/h3-20,34,44H,21-22H2,1-2H3/t34-/m0/s1. The number of Topliss-reactive ketones (excluding diaryl/α,β-unsaturated/α-hetero) is 1. The van der Waals surface area contributed by atoms with Crippen LogP contribution < -0.4 is 14.4 Å². The SMILES string of the molecule is COc1cc([C@H]2C(=C(O)c3ccc(C)c(F)c3)C(=O)C(=O)N2c2nnc(SCc3cccc4ccccc34)s2)ccc1OCc1ccccc1. The van der Waals surface area contributed by atoms with E-state index in [2.05, 4.69) is 34.5 Å². The van der Waals surface area contributed by atoms with E-state index >= 15 is 0 Å². The van der Waals surface area contributed by atoms with Gasteiger partial charge in [-0.15, -0.1) is 10.2 Å². The number of thioether (sulfide) groups is 1. The Bertz CT molecular complexity index is 2270. The van der Waals surface area contributed by atoms with Crippen molar-refractivity contribution in [2.24, 2.45) is 0 Å². The van der Waals surface area contributed by atoms with Crippen LogP contribution in [0.4, 0.5) is 9.52 Å². The zero-order chi connectivity index (χ0) is 34.8. The molecule has 1 aliphatic heterocycles. The number of aryl methyl sites for hydroxylation is 1. The van der Waals surface area contributed by atoms with Gasteiger partial charge in [-0.1, -0.05) is 114 Å². The third kappa shape index (κ3) is 6.45. The van der Waals surface area contributed by atoms with Gasteiger partial charge in [0.1, 0.15) is 18.2 Å². The van der Waals surface area contributed by atoms with Crippen LogP contribution in [0.1, 0.15) is 33.9 Å². The van der Waals surface area contributed by atoms with Crippen molar-refractivity contribution in [1.29, 1.82) is 0 Å². The lowest BCUT2D eigenvalue weighted by molar-refractivity contribution is -0.132. The lowest BCUT2D eigenvalue weighted by Gasteiger charge is -2.23. The van der Waals surface area contributed by atoms with Gasteiger partial charge < -0.3 is 14.6 Å². The van der Waals surface area contributed by atoms with Crippen LogP contribution in [0.5, 0.6) is 11.5 Å². The Labute approximate surface area is 295 Å². The number of ketones is 1. The Balaban J connectivity index is 1.26. The monoisotopic (exact) mass is 703 g/mol. The van der Waals surface area contributed by atoms with Crippen molar-refractivity contribution in [3.05, 3.63) is 148 Å². The Hall–Kier alpha value is -5.52. The highest BCUT2D eigenvalue weighted by molar-refractivity contribution is 8.00. The van der Waals surface area contributed by atoms with Gasteiger partial charge in [0.05, 0.1) is 18.7 Å². The molecule has 0 aliphatic carbocycles. The molecule has 0 unspecified atom stereocenters. The molecule has 1 N–H and O–H groups in total. The van der Waals surface area contributed by atoms with Gasteiger partial charge in [0.25, 0.3) is 5.78 Å². The number of halogens is 1. The second-order valence-corrected chi connectivity index (χ2v) is 13.8. The fourth-order valence-electron chi connectivity index (χ4n) is 5.87. The van der Waals surface area contributed by atoms with Crippen LogP contribution in [0.2, 0.25) is 0 Å². The number of nitrogens with zero attached hydrogens (tertiary/aromatic N) is 3. The van der Waals surface area contributed by atoms with Gasteiger partial charge in [0.15, 0.2) is 15.8 Å². The number of benzene rings is 5. The van der Waals surface area contributed by atoms with Crippen LogP contribution >= 0.6 is 23.1 Å². The summed E-state index contributed by atoms with van der Waals surface area (Å²) in [4.78, 5) is 28.8. The first-order chi connectivity index (χ1) is 24.3. The van der Waals surface area contributed by atoms with Crippen LogP contribution in [0.15, 0.2) is 119 Å². The molecule has 1 saturated heterocycles. The van der Waals surface area contributed by atoms with Crippen molar-refractivity contribution in [2.45, 2.75) is 29.7 Å². The quantitative estimate of drug-likeness (QED) is 0.0498. The predicted molar refractivity (Wildman–Crippen MR) is 193 cm³/mol. The number of methoxy groups -OCH3 is 1. The van der Waals surface area contributed by atoms with E-state index in [9.17, 15) is 19.1 Å². The number of ether oxygens (including phenoxy) is 2. The van der Waals surface area contributed by atoms with Crippen LogP contribution in [-0.2, 0) is 21.9 Å². The van der Waals surface area contributed by atoms with Crippen molar-refractivity contribution >= 4 is 56.5 Å². The molecule has 8 nitrogen and oxygen atoms in total. The topological polar surface area (TPSA) is 102 Å². The molecular weight excluding hydrogens is 674 g/mol. The van der Waals surface area contributed by atoms with Crippen LogP contribution in [-0.4, -0.2) is 34.1 Å². The van der Waals surface area contributed by atoms with E-state index in [1.165, 1.54) is 47.2 Å². The summed E-state index contributed by atoms with van der Waals surface area (Å²) >= 11 is 2.63. The number of rotatable bonds is 10. The molecule has 1 amide bonds. The fraction of sp³-hybridized carbons (Fsp3) is 0.128. The van der Waals surface area contributed by atoms with Crippen molar-refractivity contribution in [2.75, 3.05) is 12.0 Å². The van der Waals surface area contributed by atoms with Crippen LogP contribution in [0, 0.1) is 12.7 Å². The van der Waals surface area contributed by atoms with E-state index in [1.807, 2.05) is 48.5 Å². The van der Waals surface area contributed by atoms with E-state index in [0.717, 1.165) is 28.0 Å². The van der Waals surface area contributed by atoms with Crippen molar-refractivity contribution in [1.82, 2.24) is 10.2 Å². The Kier molecular flexibility index (Phi) is 9.34. The summed E-state index contributed by atoms with van der Waals surface area (Å²) in [6.07, 6.45) is 0. The van der Waals surface area contributed by atoms with Gasteiger partial charge in [-0.25, -0.2) is 4.39 Å². The Morgan fingerprint density at radius 3 is 2.50 bits per heavy atom. The summed E-state index contributed by atoms with van der Waals surface area (Å²) in [7, 11) is 1.49. The summed E-state index contributed by atoms with van der Waals surface area (Å²) < 4.78 is 27.0. The first-order valence-corrected chi connectivity index (χ1v) is 17.5. The number of hydrogen-bond donors (Lipinski definition) is 1. The fourth-order valence-corrected chi connectivity index (χ4v) is 7.74. The summed E-state index contributed by atoms with van der Waals surface area (Å²) in [6.45, 7) is 1.88. The average molecular weight is 704 g/mol. The number of aromatic nitrogens is 2. The Morgan fingerprint density at radius 2 is 1.70 bits per heavy atom. The molecule has 0 spiro atoms. The van der Waals surface area contributed by atoms with Crippen LogP contribution in [0.25, 0.3) is 16.5 Å². The number of amides is 1. The lowest BCUT2D eigenvalue weighted by Crippen LogP contribution is -2.29. The number of aliphatic hydroxyl groups is 1. The van der Waals surface area contributed by atoms with E-state index in [1.54, 1.807) is 25.1 Å². The molecule has 0 radical (unpaired) electrons. The number of aliphatic hydroxyl groups excluding tert-OH is 1. The summed E-state index contributed by atoms with van der Waals surface area (Å²) in [6, 6.07) is 32.0. The molecule has 5 aromatic carbocycles. The molecular formula is C39H30FN3O5S2. The van der Waals surface area contributed by atoms with Gasteiger partial charge in [0, 0.05) is 11.3 Å². The molecule has 6 aromatic rings. The number of carbonyl (C=O) groups excluding carboxylic acids is 2. The molecule has 11 heteroatoms. The lowest BCUT2D eigenvalue weighted by atomic mass is 9.94. The second-order valence-electron chi connectivity index (χ2n) is 11.6. The predicted octanol–water partition coefficient (Wildman–Crippen LogP) is 8.65. The van der Waals surface area contributed by atoms with E-state index in [0.29, 0.717) is 32.7 Å². The highest BCUT2D eigenvalue weighted by Gasteiger charge is 2.48. The van der Waals surface area contributed by atoms with Gasteiger partial charge in [-0.3, -0.25) is 14.5 Å². The first-order valence-electron chi connectivity index (χ1n) is 15.7. The maximum Gasteiger partial charge on any atom is 0.301 e. The minimum atomic E-state index is -1.12. The highest BCUT2D eigenvalue weighted by Crippen LogP contribution is 2.46. The average Bonchev–Trinajstić information content (AvgIpc) is 3.72.